The van der Waals surface area contributed by atoms with Crippen LogP contribution in [0, 0.1) is 11.3 Å². The van der Waals surface area contributed by atoms with Crippen LogP contribution < -0.4 is 5.73 Å². The Balaban J connectivity index is 1.94. The van der Waals surface area contributed by atoms with Crippen molar-refractivity contribution in [3.05, 3.63) is 0 Å². The van der Waals surface area contributed by atoms with Crippen LogP contribution in [0.4, 0.5) is 0 Å². The summed E-state index contributed by atoms with van der Waals surface area (Å²) in [5.74, 6) is 1.33. The summed E-state index contributed by atoms with van der Waals surface area (Å²) in [7, 11) is -0.832. The van der Waals surface area contributed by atoms with Gasteiger partial charge in [-0.3, -0.25) is 4.21 Å². The lowest BCUT2D eigenvalue weighted by molar-refractivity contribution is 0.127. The summed E-state index contributed by atoms with van der Waals surface area (Å²) in [6, 6.07) is 0.112. The van der Waals surface area contributed by atoms with Crippen LogP contribution in [0.15, 0.2) is 0 Å². The fourth-order valence-electron chi connectivity index (χ4n) is 3.32. The summed E-state index contributed by atoms with van der Waals surface area (Å²) in [5.41, 5.74) is 6.52. The molecule has 0 aromatic carbocycles. The van der Waals surface area contributed by atoms with Crippen molar-refractivity contribution in [1.29, 1.82) is 0 Å². The first-order valence-electron chi connectivity index (χ1n) is 7.62. The molecule has 4 heteroatoms. The summed E-state index contributed by atoms with van der Waals surface area (Å²) in [5, 5.41) is 0.169. The summed E-state index contributed by atoms with van der Waals surface area (Å²) >= 11 is 0. The maximum Gasteiger partial charge on any atom is 0.0691 e. The maximum atomic E-state index is 12.6. The third kappa shape index (κ3) is 4.02. The molecule has 1 saturated heterocycles. The molecule has 2 N–H and O–H groups in total. The highest BCUT2D eigenvalue weighted by Crippen LogP contribution is 2.39. The molecule has 19 heavy (non-hydrogen) atoms. The molecular weight excluding hydrogens is 258 g/mol. The molecule has 0 radical (unpaired) electrons. The summed E-state index contributed by atoms with van der Waals surface area (Å²) < 4.78 is 18.2. The lowest BCUT2D eigenvalue weighted by Gasteiger charge is -2.40. The van der Waals surface area contributed by atoms with Crippen molar-refractivity contribution in [2.45, 2.75) is 70.3 Å². The Morgan fingerprint density at radius 2 is 2.00 bits per heavy atom. The van der Waals surface area contributed by atoms with Crippen LogP contribution in [0.25, 0.3) is 0 Å². The average Bonchev–Trinajstić information content (AvgIpc) is 2.80. The van der Waals surface area contributed by atoms with E-state index >= 15 is 0 Å². The van der Waals surface area contributed by atoms with Crippen LogP contribution >= 0.6 is 0 Å². The Morgan fingerprint density at radius 1 is 1.26 bits per heavy atom. The zero-order valence-corrected chi connectivity index (χ0v) is 13.4. The third-order valence-electron chi connectivity index (χ3n) is 4.78. The summed E-state index contributed by atoms with van der Waals surface area (Å²) in [4.78, 5) is 0. The topological polar surface area (TPSA) is 52.3 Å². The molecule has 0 spiro atoms. The van der Waals surface area contributed by atoms with Gasteiger partial charge in [0.25, 0.3) is 0 Å². The SMILES string of the molecule is CC(C)(C)C1CCC(N)C(S(=O)CC2CCCO2)C1. The highest BCUT2D eigenvalue weighted by atomic mass is 32.2. The molecule has 5 atom stereocenters. The second-order valence-electron chi connectivity index (χ2n) is 7.26. The van der Waals surface area contributed by atoms with Gasteiger partial charge in [-0.1, -0.05) is 20.8 Å². The molecule has 2 aliphatic rings. The van der Waals surface area contributed by atoms with Gasteiger partial charge < -0.3 is 10.5 Å². The molecule has 1 heterocycles. The lowest BCUT2D eigenvalue weighted by atomic mass is 9.71. The first-order valence-corrected chi connectivity index (χ1v) is 9.00. The second-order valence-corrected chi connectivity index (χ2v) is 8.96. The van der Waals surface area contributed by atoms with Crippen LogP contribution in [0.1, 0.15) is 52.9 Å². The van der Waals surface area contributed by atoms with Crippen molar-refractivity contribution in [3.63, 3.8) is 0 Å². The van der Waals surface area contributed by atoms with Crippen LogP contribution in [0.2, 0.25) is 0 Å². The quantitative estimate of drug-likeness (QED) is 0.867. The van der Waals surface area contributed by atoms with E-state index in [4.69, 9.17) is 10.5 Å². The number of nitrogens with two attached hydrogens (primary N) is 1. The largest absolute Gasteiger partial charge is 0.377 e. The van der Waals surface area contributed by atoms with Crippen molar-refractivity contribution in [2.75, 3.05) is 12.4 Å². The highest BCUT2D eigenvalue weighted by Gasteiger charge is 2.37. The molecule has 0 amide bonds. The van der Waals surface area contributed by atoms with E-state index in [2.05, 4.69) is 20.8 Å². The maximum absolute atomic E-state index is 12.6. The van der Waals surface area contributed by atoms with Gasteiger partial charge in [0.05, 0.1) is 17.1 Å². The molecular formula is C15H29NO2S. The van der Waals surface area contributed by atoms with E-state index in [9.17, 15) is 4.21 Å². The molecule has 1 saturated carbocycles. The van der Waals surface area contributed by atoms with Gasteiger partial charge in [-0.2, -0.15) is 0 Å². The number of hydrogen-bond acceptors (Lipinski definition) is 3. The Kier molecular flexibility index (Phi) is 5.07. The average molecular weight is 287 g/mol. The molecule has 1 aliphatic carbocycles. The van der Waals surface area contributed by atoms with Crippen LogP contribution in [0.3, 0.4) is 0 Å². The van der Waals surface area contributed by atoms with E-state index < -0.39 is 10.8 Å². The Bertz CT molecular complexity index is 321. The van der Waals surface area contributed by atoms with Crippen molar-refractivity contribution in [3.8, 4) is 0 Å². The number of ether oxygens (including phenoxy) is 1. The molecule has 112 valence electrons. The minimum absolute atomic E-state index is 0.112. The Labute approximate surface area is 120 Å². The molecule has 2 rings (SSSR count). The van der Waals surface area contributed by atoms with Crippen LogP contribution in [0.5, 0.6) is 0 Å². The fraction of sp³-hybridized carbons (Fsp3) is 1.00. The third-order valence-corrected chi connectivity index (χ3v) is 6.70. The van der Waals surface area contributed by atoms with Crippen molar-refractivity contribution in [1.82, 2.24) is 0 Å². The van der Waals surface area contributed by atoms with E-state index in [0.717, 1.165) is 32.3 Å². The summed E-state index contributed by atoms with van der Waals surface area (Å²) in [6.07, 6.45) is 5.61. The van der Waals surface area contributed by atoms with E-state index in [1.165, 1.54) is 6.42 Å². The van der Waals surface area contributed by atoms with Gasteiger partial charge in [0.2, 0.25) is 0 Å². The van der Waals surface area contributed by atoms with Crippen molar-refractivity contribution >= 4 is 10.8 Å². The fourth-order valence-corrected chi connectivity index (χ4v) is 5.17. The standard InChI is InChI=1S/C15H29NO2S/c1-15(2,3)11-6-7-13(16)14(9-11)19(17)10-12-5-4-8-18-12/h11-14H,4-10,16H2,1-3H3. The summed E-state index contributed by atoms with van der Waals surface area (Å²) in [6.45, 7) is 7.70. The van der Waals surface area contributed by atoms with E-state index in [1.54, 1.807) is 0 Å². The van der Waals surface area contributed by atoms with Gasteiger partial charge in [-0.15, -0.1) is 0 Å². The van der Waals surface area contributed by atoms with Gasteiger partial charge in [0, 0.05) is 23.4 Å². The molecule has 3 nitrogen and oxygen atoms in total. The number of hydrogen-bond donors (Lipinski definition) is 1. The minimum atomic E-state index is -0.832. The monoisotopic (exact) mass is 287 g/mol. The van der Waals surface area contributed by atoms with E-state index in [-0.39, 0.29) is 17.4 Å². The lowest BCUT2D eigenvalue weighted by Crippen LogP contribution is -2.46. The van der Waals surface area contributed by atoms with E-state index in [0.29, 0.717) is 17.1 Å². The predicted octanol–water partition coefficient (Wildman–Crippen LogP) is 2.46. The predicted molar refractivity (Wildman–Crippen MR) is 80.5 cm³/mol. The minimum Gasteiger partial charge on any atom is -0.377 e. The normalized spacial score (nSPS) is 38.3. The number of rotatable bonds is 3. The van der Waals surface area contributed by atoms with Gasteiger partial charge in [0.1, 0.15) is 0 Å². The molecule has 2 fully saturated rings. The van der Waals surface area contributed by atoms with E-state index in [1.807, 2.05) is 0 Å². The highest BCUT2D eigenvalue weighted by molar-refractivity contribution is 7.85. The Hall–Kier alpha value is 0.0700. The van der Waals surface area contributed by atoms with Gasteiger partial charge in [-0.25, -0.2) is 0 Å². The zero-order chi connectivity index (χ0) is 14.0. The van der Waals surface area contributed by atoms with Gasteiger partial charge in [0.15, 0.2) is 0 Å². The molecule has 0 bridgehead atoms. The molecule has 0 aromatic rings. The smallest absolute Gasteiger partial charge is 0.0691 e. The molecule has 5 unspecified atom stereocenters. The molecule has 1 aliphatic heterocycles. The van der Waals surface area contributed by atoms with Crippen molar-refractivity contribution in [2.24, 2.45) is 17.1 Å². The van der Waals surface area contributed by atoms with Gasteiger partial charge in [-0.05, 0) is 43.4 Å². The van der Waals surface area contributed by atoms with Crippen LogP contribution in [-0.2, 0) is 15.5 Å². The van der Waals surface area contributed by atoms with Gasteiger partial charge >= 0.3 is 0 Å². The van der Waals surface area contributed by atoms with Crippen LogP contribution in [-0.4, -0.2) is 34.0 Å². The second kappa shape index (κ2) is 6.23. The zero-order valence-electron chi connectivity index (χ0n) is 12.6. The van der Waals surface area contributed by atoms with Crippen molar-refractivity contribution < 1.29 is 8.95 Å². The molecule has 0 aromatic heterocycles. The first kappa shape index (κ1) is 15.5. The Morgan fingerprint density at radius 3 is 2.58 bits per heavy atom. The first-order chi connectivity index (χ1) is 8.88.